The number of rotatable bonds is 5. The molecule has 0 bridgehead atoms. The number of hydrogen-bond acceptors (Lipinski definition) is 5. The van der Waals surface area contributed by atoms with E-state index in [4.69, 9.17) is 10.5 Å². The molecule has 1 heterocycles. The first-order valence-corrected chi connectivity index (χ1v) is 8.47. The molecule has 0 unspecified atom stereocenters. The van der Waals surface area contributed by atoms with Gasteiger partial charge in [0.25, 0.3) is 5.91 Å². The van der Waals surface area contributed by atoms with Crippen molar-refractivity contribution in [3.05, 3.63) is 65.0 Å². The maximum Gasteiger partial charge on any atom is 0.255 e. The second-order valence-corrected chi connectivity index (χ2v) is 6.58. The molecule has 0 fully saturated rings. The van der Waals surface area contributed by atoms with Crippen LogP contribution >= 0.6 is 11.3 Å². The number of nitrogen functional groups attached to an aromatic ring is 1. The highest BCUT2D eigenvalue weighted by atomic mass is 32.1. The fourth-order valence-corrected chi connectivity index (χ4v) is 3.24. The van der Waals surface area contributed by atoms with E-state index in [-0.39, 0.29) is 12.5 Å². The monoisotopic (exact) mass is 354 g/mol. The Bertz CT molecular complexity index is 888. The Hall–Kier alpha value is -2.83. The lowest BCUT2D eigenvalue weighted by Gasteiger charge is -2.10. The summed E-state index contributed by atoms with van der Waals surface area (Å²) in [4.78, 5) is 14.3. The van der Waals surface area contributed by atoms with Crippen LogP contribution in [0.5, 0.6) is 5.75 Å². The minimum absolute atomic E-state index is 0.0146. The molecule has 0 aliphatic heterocycles. The van der Waals surface area contributed by atoms with E-state index < -0.39 is 0 Å². The molecule has 5 nitrogen and oxygen atoms in total. The quantitative estimate of drug-likeness (QED) is 0.609. The highest BCUT2D eigenvalue weighted by Crippen LogP contribution is 2.32. The van der Waals surface area contributed by atoms with Gasteiger partial charge < -0.3 is 20.9 Å². The Labute approximate surface area is 149 Å². The third-order valence-corrected chi connectivity index (χ3v) is 4.87. The number of thiophene rings is 1. The van der Waals surface area contributed by atoms with Crippen LogP contribution in [-0.2, 0) is 6.61 Å². The van der Waals surface area contributed by atoms with Crippen molar-refractivity contribution in [3.8, 4) is 16.2 Å². The van der Waals surface area contributed by atoms with E-state index in [1.165, 1.54) is 11.3 Å². The third kappa shape index (κ3) is 3.81. The Morgan fingerprint density at radius 3 is 2.56 bits per heavy atom. The van der Waals surface area contributed by atoms with Gasteiger partial charge in [0.15, 0.2) is 0 Å². The summed E-state index contributed by atoms with van der Waals surface area (Å²) in [6.45, 7) is 0.0146. The largest absolute Gasteiger partial charge is 0.497 e. The Morgan fingerprint density at radius 2 is 1.92 bits per heavy atom. The summed E-state index contributed by atoms with van der Waals surface area (Å²) in [6, 6.07) is 16.2. The zero-order valence-corrected chi connectivity index (χ0v) is 14.5. The normalized spacial score (nSPS) is 10.5. The van der Waals surface area contributed by atoms with Gasteiger partial charge in [0.05, 0.1) is 25.1 Å². The molecular weight excluding hydrogens is 336 g/mol. The summed E-state index contributed by atoms with van der Waals surface area (Å²) in [5.74, 6) is 0.448. The van der Waals surface area contributed by atoms with E-state index in [9.17, 15) is 9.90 Å². The van der Waals surface area contributed by atoms with Crippen LogP contribution in [0.1, 0.15) is 15.2 Å². The van der Waals surface area contributed by atoms with Crippen LogP contribution in [0.4, 0.5) is 11.4 Å². The van der Waals surface area contributed by atoms with Crippen molar-refractivity contribution in [2.24, 2.45) is 0 Å². The van der Waals surface area contributed by atoms with Crippen LogP contribution in [0, 0.1) is 0 Å². The Balaban J connectivity index is 1.83. The van der Waals surface area contributed by atoms with Gasteiger partial charge in [0.2, 0.25) is 0 Å². The molecule has 0 saturated carbocycles. The Morgan fingerprint density at radius 1 is 1.16 bits per heavy atom. The second-order valence-electron chi connectivity index (χ2n) is 5.41. The number of aliphatic hydroxyl groups excluding tert-OH is 1. The summed E-state index contributed by atoms with van der Waals surface area (Å²) in [5, 5.41) is 12.0. The number of nitrogens with one attached hydrogen (secondary N) is 1. The molecule has 2 aromatic carbocycles. The van der Waals surface area contributed by atoms with Gasteiger partial charge >= 0.3 is 0 Å². The first-order valence-electron chi connectivity index (χ1n) is 7.65. The van der Waals surface area contributed by atoms with Gasteiger partial charge in [-0.3, -0.25) is 4.79 Å². The van der Waals surface area contributed by atoms with Crippen molar-refractivity contribution >= 4 is 28.6 Å². The fraction of sp³-hybridized carbons (Fsp3) is 0.105. The number of ether oxygens (including phenoxy) is 1. The topological polar surface area (TPSA) is 84.6 Å². The number of nitrogens with two attached hydrogens (primary N) is 1. The first-order chi connectivity index (χ1) is 12.1. The van der Waals surface area contributed by atoms with Gasteiger partial charge in [-0.15, -0.1) is 11.3 Å². The smallest absolute Gasteiger partial charge is 0.255 e. The second kappa shape index (κ2) is 7.38. The average Bonchev–Trinajstić information content (AvgIpc) is 3.12. The molecule has 0 atom stereocenters. The van der Waals surface area contributed by atoms with Gasteiger partial charge in [0, 0.05) is 15.3 Å². The van der Waals surface area contributed by atoms with Crippen LogP contribution in [0.3, 0.4) is 0 Å². The maximum absolute atomic E-state index is 12.4. The SMILES string of the molecule is COc1ccc(C(=O)Nc2cc(-c3ccc(CO)s3)ccc2N)cc1. The van der Waals surface area contributed by atoms with Crippen molar-refractivity contribution in [2.75, 3.05) is 18.2 Å². The molecule has 0 saturated heterocycles. The van der Waals surface area contributed by atoms with E-state index in [2.05, 4.69) is 5.32 Å². The number of aliphatic hydroxyl groups is 1. The van der Waals surface area contributed by atoms with Gasteiger partial charge in [-0.05, 0) is 54.1 Å². The number of hydrogen-bond donors (Lipinski definition) is 3. The van der Waals surface area contributed by atoms with Crippen LogP contribution < -0.4 is 15.8 Å². The molecule has 0 radical (unpaired) electrons. The summed E-state index contributed by atoms with van der Waals surface area (Å²) >= 11 is 1.50. The number of carbonyl (C=O) groups excluding carboxylic acids is 1. The predicted octanol–water partition coefficient (Wildman–Crippen LogP) is 3.75. The van der Waals surface area contributed by atoms with Crippen molar-refractivity contribution in [1.29, 1.82) is 0 Å². The molecule has 0 aliphatic carbocycles. The van der Waals surface area contributed by atoms with Crippen molar-refractivity contribution < 1.29 is 14.6 Å². The Kier molecular flexibility index (Phi) is 5.02. The lowest BCUT2D eigenvalue weighted by molar-refractivity contribution is 0.102. The highest BCUT2D eigenvalue weighted by Gasteiger charge is 2.11. The van der Waals surface area contributed by atoms with Gasteiger partial charge in [0.1, 0.15) is 5.75 Å². The molecule has 3 aromatic rings. The zero-order chi connectivity index (χ0) is 17.8. The van der Waals surface area contributed by atoms with E-state index >= 15 is 0 Å². The van der Waals surface area contributed by atoms with E-state index in [0.29, 0.717) is 22.7 Å². The molecule has 0 aliphatic rings. The fourth-order valence-electron chi connectivity index (χ4n) is 2.37. The van der Waals surface area contributed by atoms with Crippen LogP contribution in [0.25, 0.3) is 10.4 Å². The predicted molar refractivity (Wildman–Crippen MR) is 101 cm³/mol. The first kappa shape index (κ1) is 17.0. The summed E-state index contributed by atoms with van der Waals surface area (Å²) in [5.41, 5.74) is 8.50. The van der Waals surface area contributed by atoms with Crippen LogP contribution in [-0.4, -0.2) is 18.1 Å². The summed E-state index contributed by atoms with van der Waals surface area (Å²) in [6.07, 6.45) is 0. The number of carbonyl (C=O) groups is 1. The lowest BCUT2D eigenvalue weighted by atomic mass is 10.1. The molecule has 6 heteroatoms. The molecule has 1 aromatic heterocycles. The molecule has 128 valence electrons. The van der Waals surface area contributed by atoms with Gasteiger partial charge in [-0.2, -0.15) is 0 Å². The van der Waals surface area contributed by atoms with Gasteiger partial charge in [-0.1, -0.05) is 6.07 Å². The van der Waals surface area contributed by atoms with E-state index in [1.807, 2.05) is 24.3 Å². The van der Waals surface area contributed by atoms with E-state index in [1.54, 1.807) is 37.4 Å². The molecule has 1 amide bonds. The van der Waals surface area contributed by atoms with Crippen molar-refractivity contribution in [2.45, 2.75) is 6.61 Å². The number of benzene rings is 2. The molecule has 0 spiro atoms. The van der Waals surface area contributed by atoms with Crippen molar-refractivity contribution in [3.63, 3.8) is 0 Å². The summed E-state index contributed by atoms with van der Waals surface area (Å²) < 4.78 is 5.09. The average molecular weight is 354 g/mol. The number of amides is 1. The minimum atomic E-state index is -0.242. The zero-order valence-electron chi connectivity index (χ0n) is 13.7. The van der Waals surface area contributed by atoms with E-state index in [0.717, 1.165) is 15.3 Å². The lowest BCUT2D eigenvalue weighted by Crippen LogP contribution is -2.13. The number of anilines is 2. The standard InChI is InChI=1S/C19H18N2O3S/c1-24-14-5-2-12(3-6-14)19(23)21-17-10-13(4-8-16(17)20)18-9-7-15(11-22)25-18/h2-10,22H,11,20H2,1H3,(H,21,23). The van der Waals surface area contributed by atoms with Crippen LogP contribution in [0.2, 0.25) is 0 Å². The minimum Gasteiger partial charge on any atom is -0.497 e. The molecule has 4 N–H and O–H groups in total. The molecular formula is C19H18N2O3S. The van der Waals surface area contributed by atoms with Crippen molar-refractivity contribution in [1.82, 2.24) is 0 Å². The third-order valence-electron chi connectivity index (χ3n) is 3.76. The number of methoxy groups -OCH3 is 1. The molecule has 25 heavy (non-hydrogen) atoms. The highest BCUT2D eigenvalue weighted by molar-refractivity contribution is 7.15. The maximum atomic E-state index is 12.4. The van der Waals surface area contributed by atoms with Gasteiger partial charge in [-0.25, -0.2) is 0 Å². The van der Waals surface area contributed by atoms with Crippen LogP contribution in [0.15, 0.2) is 54.6 Å². The summed E-state index contributed by atoms with van der Waals surface area (Å²) in [7, 11) is 1.58. The molecule has 3 rings (SSSR count).